The maximum atomic E-state index is 12.8. The Balaban J connectivity index is 1.89. The molecule has 0 aliphatic carbocycles. The van der Waals surface area contributed by atoms with Crippen LogP contribution in [0, 0.1) is 0 Å². The summed E-state index contributed by atoms with van der Waals surface area (Å²) in [5, 5.41) is 2.93. The van der Waals surface area contributed by atoms with E-state index in [-0.39, 0.29) is 12.1 Å². The van der Waals surface area contributed by atoms with E-state index in [1.165, 1.54) is 5.56 Å². The maximum Gasteiger partial charge on any atom is 0.326 e. The molecular weight excluding hydrogens is 320 g/mol. The summed E-state index contributed by atoms with van der Waals surface area (Å²) in [4.78, 5) is 14.6. The minimum atomic E-state index is -0.188. The molecule has 1 aliphatic heterocycles. The third-order valence-corrected chi connectivity index (χ3v) is 4.34. The molecule has 1 atom stereocenters. The van der Waals surface area contributed by atoms with E-state index >= 15 is 0 Å². The number of anilines is 2. The Bertz CT molecular complexity index is 766. The topological polar surface area (TPSA) is 60.0 Å². The lowest BCUT2D eigenvalue weighted by atomic mass is 10.1. The van der Waals surface area contributed by atoms with E-state index in [4.69, 9.17) is 14.2 Å². The monoisotopic (exact) mass is 342 g/mol. The van der Waals surface area contributed by atoms with Gasteiger partial charge in [-0.15, -0.1) is 0 Å². The van der Waals surface area contributed by atoms with Gasteiger partial charge in [-0.25, -0.2) is 4.79 Å². The molecule has 6 nitrogen and oxygen atoms in total. The van der Waals surface area contributed by atoms with E-state index in [2.05, 4.69) is 11.4 Å². The van der Waals surface area contributed by atoms with E-state index in [9.17, 15) is 4.79 Å². The number of amides is 2. The average molecular weight is 342 g/mol. The predicted octanol–water partition coefficient (Wildman–Crippen LogP) is 3.70. The van der Waals surface area contributed by atoms with Crippen molar-refractivity contribution in [3.8, 4) is 17.2 Å². The Morgan fingerprint density at radius 3 is 2.32 bits per heavy atom. The summed E-state index contributed by atoms with van der Waals surface area (Å²) in [6, 6.07) is 11.3. The minimum Gasteiger partial charge on any atom is -0.493 e. The zero-order valence-electron chi connectivity index (χ0n) is 14.8. The number of benzene rings is 2. The molecule has 3 rings (SSSR count). The van der Waals surface area contributed by atoms with Gasteiger partial charge in [0.15, 0.2) is 11.5 Å². The Kier molecular flexibility index (Phi) is 4.70. The van der Waals surface area contributed by atoms with Crippen molar-refractivity contribution in [2.24, 2.45) is 0 Å². The fraction of sp³-hybridized carbons (Fsp3) is 0.316. The van der Waals surface area contributed by atoms with Crippen LogP contribution in [-0.4, -0.2) is 33.4 Å². The van der Waals surface area contributed by atoms with Crippen LogP contribution in [0.3, 0.4) is 0 Å². The van der Waals surface area contributed by atoms with Crippen molar-refractivity contribution in [2.75, 3.05) is 31.5 Å². The molecule has 0 radical (unpaired) electrons. The lowest BCUT2D eigenvalue weighted by Gasteiger charge is -2.23. The standard InChI is InChI=1S/C19H22N2O4/c1-12-9-13-7-5-6-8-15(13)21(12)19(22)20-14-10-16(23-2)18(25-4)17(11-14)24-3/h5-8,10-12H,9H2,1-4H3,(H,20,22)/t12-/m1/s1. The van der Waals surface area contributed by atoms with Gasteiger partial charge in [-0.2, -0.15) is 0 Å². The van der Waals surface area contributed by atoms with Crippen LogP contribution < -0.4 is 24.4 Å². The molecule has 0 aromatic heterocycles. The number of para-hydroxylation sites is 1. The van der Waals surface area contributed by atoms with Gasteiger partial charge in [0.25, 0.3) is 0 Å². The predicted molar refractivity (Wildman–Crippen MR) is 97.2 cm³/mol. The van der Waals surface area contributed by atoms with Crippen LogP contribution in [0.1, 0.15) is 12.5 Å². The highest BCUT2D eigenvalue weighted by molar-refractivity contribution is 6.04. The molecule has 2 aromatic carbocycles. The highest BCUT2D eigenvalue weighted by Gasteiger charge is 2.30. The third kappa shape index (κ3) is 3.07. The van der Waals surface area contributed by atoms with Crippen molar-refractivity contribution >= 4 is 17.4 Å². The zero-order valence-corrected chi connectivity index (χ0v) is 14.8. The summed E-state index contributed by atoms with van der Waals surface area (Å²) in [6.45, 7) is 2.04. The number of urea groups is 1. The van der Waals surface area contributed by atoms with Gasteiger partial charge in [0, 0.05) is 23.9 Å². The Morgan fingerprint density at radius 1 is 1.08 bits per heavy atom. The molecule has 6 heteroatoms. The fourth-order valence-corrected chi connectivity index (χ4v) is 3.21. The molecule has 132 valence electrons. The molecule has 2 aromatic rings. The second kappa shape index (κ2) is 6.93. The first-order valence-corrected chi connectivity index (χ1v) is 8.07. The van der Waals surface area contributed by atoms with E-state index in [0.717, 1.165) is 12.1 Å². The van der Waals surface area contributed by atoms with Crippen molar-refractivity contribution < 1.29 is 19.0 Å². The number of ether oxygens (including phenoxy) is 3. The van der Waals surface area contributed by atoms with Gasteiger partial charge in [-0.3, -0.25) is 4.90 Å². The lowest BCUT2D eigenvalue weighted by molar-refractivity contribution is 0.255. The van der Waals surface area contributed by atoms with E-state index in [1.54, 1.807) is 38.4 Å². The first-order valence-electron chi connectivity index (χ1n) is 8.07. The first kappa shape index (κ1) is 17.0. The summed E-state index contributed by atoms with van der Waals surface area (Å²) < 4.78 is 16.0. The quantitative estimate of drug-likeness (QED) is 0.920. The van der Waals surface area contributed by atoms with Gasteiger partial charge >= 0.3 is 6.03 Å². The van der Waals surface area contributed by atoms with Crippen LogP contribution in [0.2, 0.25) is 0 Å². The van der Waals surface area contributed by atoms with Crippen LogP contribution in [-0.2, 0) is 6.42 Å². The SMILES string of the molecule is COc1cc(NC(=O)N2c3ccccc3C[C@H]2C)cc(OC)c1OC. The lowest BCUT2D eigenvalue weighted by Crippen LogP contribution is -2.39. The molecule has 0 fully saturated rings. The Hall–Kier alpha value is -2.89. The Labute approximate surface area is 147 Å². The molecule has 1 heterocycles. The van der Waals surface area contributed by atoms with Crippen molar-refractivity contribution in [2.45, 2.75) is 19.4 Å². The van der Waals surface area contributed by atoms with Crippen molar-refractivity contribution in [1.82, 2.24) is 0 Å². The minimum absolute atomic E-state index is 0.0967. The number of hydrogen-bond acceptors (Lipinski definition) is 4. The Morgan fingerprint density at radius 2 is 1.72 bits per heavy atom. The van der Waals surface area contributed by atoms with Crippen LogP contribution in [0.5, 0.6) is 17.2 Å². The van der Waals surface area contributed by atoms with Gasteiger partial charge in [-0.05, 0) is 25.0 Å². The van der Waals surface area contributed by atoms with Crippen LogP contribution in [0.15, 0.2) is 36.4 Å². The van der Waals surface area contributed by atoms with E-state index in [1.807, 2.05) is 25.1 Å². The second-order valence-electron chi connectivity index (χ2n) is 5.90. The summed E-state index contributed by atoms with van der Waals surface area (Å²) in [7, 11) is 4.63. The zero-order chi connectivity index (χ0) is 18.0. The molecular formula is C19H22N2O4. The van der Waals surface area contributed by atoms with Crippen LogP contribution in [0.25, 0.3) is 0 Å². The molecule has 0 bridgehead atoms. The van der Waals surface area contributed by atoms with Crippen molar-refractivity contribution in [3.05, 3.63) is 42.0 Å². The number of carbonyl (C=O) groups excluding carboxylic acids is 1. The molecule has 1 aliphatic rings. The number of nitrogens with zero attached hydrogens (tertiary/aromatic N) is 1. The van der Waals surface area contributed by atoms with Gasteiger partial charge in [-0.1, -0.05) is 18.2 Å². The molecule has 2 amide bonds. The molecule has 0 spiro atoms. The van der Waals surface area contributed by atoms with Crippen LogP contribution >= 0.6 is 0 Å². The number of carbonyl (C=O) groups is 1. The number of hydrogen-bond donors (Lipinski definition) is 1. The summed E-state index contributed by atoms with van der Waals surface area (Å²) in [5.41, 5.74) is 2.70. The number of rotatable bonds is 4. The molecule has 25 heavy (non-hydrogen) atoms. The first-order chi connectivity index (χ1) is 12.1. The molecule has 0 unspecified atom stereocenters. The average Bonchev–Trinajstić information content (AvgIpc) is 2.96. The van der Waals surface area contributed by atoms with Crippen molar-refractivity contribution in [1.29, 1.82) is 0 Å². The van der Waals surface area contributed by atoms with Gasteiger partial charge in [0.1, 0.15) is 0 Å². The fourth-order valence-electron chi connectivity index (χ4n) is 3.21. The van der Waals surface area contributed by atoms with E-state index < -0.39 is 0 Å². The highest BCUT2D eigenvalue weighted by atomic mass is 16.5. The highest BCUT2D eigenvalue weighted by Crippen LogP contribution is 2.40. The smallest absolute Gasteiger partial charge is 0.326 e. The molecule has 0 saturated carbocycles. The number of methoxy groups -OCH3 is 3. The maximum absolute atomic E-state index is 12.8. The molecule has 0 saturated heterocycles. The van der Waals surface area contributed by atoms with Crippen LogP contribution in [0.4, 0.5) is 16.2 Å². The van der Waals surface area contributed by atoms with Gasteiger partial charge in [0.05, 0.1) is 27.0 Å². The number of nitrogens with one attached hydrogen (secondary N) is 1. The van der Waals surface area contributed by atoms with Gasteiger partial charge < -0.3 is 19.5 Å². The second-order valence-corrected chi connectivity index (χ2v) is 5.90. The van der Waals surface area contributed by atoms with Gasteiger partial charge in [0.2, 0.25) is 5.75 Å². The summed E-state index contributed by atoms with van der Waals surface area (Å²) >= 11 is 0. The summed E-state index contributed by atoms with van der Waals surface area (Å²) in [5.74, 6) is 1.47. The molecule has 1 N–H and O–H groups in total. The number of fused-ring (bicyclic) bond motifs is 1. The third-order valence-electron chi connectivity index (χ3n) is 4.34. The summed E-state index contributed by atoms with van der Waals surface area (Å²) in [6.07, 6.45) is 0.846. The van der Waals surface area contributed by atoms with Crippen molar-refractivity contribution in [3.63, 3.8) is 0 Å². The largest absolute Gasteiger partial charge is 0.493 e. The normalized spacial score (nSPS) is 15.5. The van der Waals surface area contributed by atoms with E-state index in [0.29, 0.717) is 22.9 Å².